The molecule has 0 unspecified atom stereocenters. The van der Waals surface area contributed by atoms with Gasteiger partial charge >= 0.3 is 0 Å². The quantitative estimate of drug-likeness (QED) is 0.718. The minimum atomic E-state index is 0.435. The Balaban J connectivity index is 2.40. The number of hydrogen-bond donors (Lipinski definition) is 1. The van der Waals surface area contributed by atoms with Gasteiger partial charge in [-0.1, -0.05) is 39.7 Å². The summed E-state index contributed by atoms with van der Waals surface area (Å²) in [5.41, 5.74) is 9.78. The van der Waals surface area contributed by atoms with Crippen molar-refractivity contribution in [2.24, 2.45) is 0 Å². The molecule has 0 spiro atoms. The molecule has 0 aliphatic rings. The molecule has 0 radical (unpaired) electrons. The van der Waals surface area contributed by atoms with Crippen LogP contribution in [0.4, 0.5) is 5.95 Å². The number of para-hydroxylation sites is 1. The first-order chi connectivity index (χ1) is 9.09. The molecule has 0 saturated carbocycles. The lowest BCUT2D eigenvalue weighted by molar-refractivity contribution is 1.09. The Bertz CT molecular complexity index is 780. The number of hydrogen-bond acceptors (Lipinski definition) is 2. The summed E-state index contributed by atoms with van der Waals surface area (Å²) in [5, 5.41) is 0.607. The predicted molar refractivity (Wildman–Crippen MR) is 82.9 cm³/mol. The van der Waals surface area contributed by atoms with E-state index in [-0.39, 0.29) is 0 Å². The van der Waals surface area contributed by atoms with Crippen molar-refractivity contribution in [1.29, 1.82) is 0 Å². The van der Waals surface area contributed by atoms with Crippen LogP contribution in [-0.4, -0.2) is 9.55 Å². The summed E-state index contributed by atoms with van der Waals surface area (Å²) < 4.78 is 2.95. The number of nitrogens with zero attached hydrogens (tertiary/aromatic N) is 2. The molecule has 3 nitrogen and oxygen atoms in total. The van der Waals surface area contributed by atoms with Gasteiger partial charge in [-0.05, 0) is 36.8 Å². The van der Waals surface area contributed by atoms with Gasteiger partial charge in [0.25, 0.3) is 0 Å². The summed E-state index contributed by atoms with van der Waals surface area (Å²) in [6, 6.07) is 11.7. The largest absolute Gasteiger partial charge is 0.369 e. The molecule has 1 aromatic heterocycles. The van der Waals surface area contributed by atoms with E-state index in [1.807, 2.05) is 47.9 Å². The fourth-order valence-electron chi connectivity index (χ4n) is 2.17. The van der Waals surface area contributed by atoms with Crippen molar-refractivity contribution in [3.63, 3.8) is 0 Å². The molecule has 0 fully saturated rings. The Morgan fingerprint density at radius 2 is 1.95 bits per heavy atom. The van der Waals surface area contributed by atoms with Crippen LogP contribution in [0.5, 0.6) is 0 Å². The second-order valence-electron chi connectivity index (χ2n) is 4.30. The third-order valence-corrected chi connectivity index (χ3v) is 4.31. The van der Waals surface area contributed by atoms with Crippen molar-refractivity contribution in [1.82, 2.24) is 9.55 Å². The van der Waals surface area contributed by atoms with Gasteiger partial charge in [0.15, 0.2) is 0 Å². The third-order valence-electron chi connectivity index (χ3n) is 3.14. The van der Waals surface area contributed by atoms with Gasteiger partial charge in [0, 0.05) is 4.47 Å². The topological polar surface area (TPSA) is 43.8 Å². The Kier molecular flexibility index (Phi) is 2.99. The number of imidazole rings is 1. The molecule has 0 aliphatic heterocycles. The molecule has 2 aromatic carbocycles. The third kappa shape index (κ3) is 1.91. The number of benzene rings is 2. The Labute approximate surface area is 124 Å². The fraction of sp³-hybridized carbons (Fsp3) is 0.0714. The van der Waals surface area contributed by atoms with Crippen LogP contribution in [0.3, 0.4) is 0 Å². The van der Waals surface area contributed by atoms with Crippen LogP contribution in [0.1, 0.15) is 5.56 Å². The van der Waals surface area contributed by atoms with E-state index in [9.17, 15) is 0 Å². The van der Waals surface area contributed by atoms with E-state index in [2.05, 4.69) is 20.9 Å². The van der Waals surface area contributed by atoms with Gasteiger partial charge < -0.3 is 5.73 Å². The zero-order valence-corrected chi connectivity index (χ0v) is 12.5. The van der Waals surface area contributed by atoms with Crippen LogP contribution in [0.15, 0.2) is 40.9 Å². The van der Waals surface area contributed by atoms with Gasteiger partial charge in [-0.25, -0.2) is 4.98 Å². The number of halogens is 2. The molecule has 5 heteroatoms. The van der Waals surface area contributed by atoms with Crippen LogP contribution in [0.2, 0.25) is 5.02 Å². The van der Waals surface area contributed by atoms with Crippen LogP contribution in [0, 0.1) is 6.92 Å². The summed E-state index contributed by atoms with van der Waals surface area (Å²) >= 11 is 9.69. The van der Waals surface area contributed by atoms with Gasteiger partial charge in [0.1, 0.15) is 5.52 Å². The molecule has 19 heavy (non-hydrogen) atoms. The number of rotatable bonds is 1. The zero-order valence-electron chi connectivity index (χ0n) is 10.2. The van der Waals surface area contributed by atoms with Gasteiger partial charge in [0.2, 0.25) is 5.95 Å². The van der Waals surface area contributed by atoms with Gasteiger partial charge in [0.05, 0.1) is 16.2 Å². The Morgan fingerprint density at radius 3 is 2.74 bits per heavy atom. The molecular weight excluding hydrogens is 326 g/mol. The van der Waals surface area contributed by atoms with E-state index >= 15 is 0 Å². The van der Waals surface area contributed by atoms with Crippen molar-refractivity contribution >= 4 is 44.5 Å². The zero-order chi connectivity index (χ0) is 13.6. The van der Waals surface area contributed by atoms with Crippen LogP contribution in [0.25, 0.3) is 16.7 Å². The molecule has 96 valence electrons. The van der Waals surface area contributed by atoms with Crippen LogP contribution < -0.4 is 5.73 Å². The summed E-state index contributed by atoms with van der Waals surface area (Å²) in [6.07, 6.45) is 0. The van der Waals surface area contributed by atoms with E-state index in [0.29, 0.717) is 11.0 Å². The average molecular weight is 337 g/mol. The standard InChI is InChI=1S/C14H11BrClN3/c1-8-9(15)4-2-6-11(8)19-12-7-3-5-10(16)13(12)18-14(19)17/h2-7H,1H3,(H2,17,18). The molecule has 0 atom stereocenters. The Morgan fingerprint density at radius 1 is 1.21 bits per heavy atom. The van der Waals surface area contributed by atoms with Crippen molar-refractivity contribution in [3.05, 3.63) is 51.5 Å². The molecule has 0 aliphatic carbocycles. The van der Waals surface area contributed by atoms with E-state index in [1.54, 1.807) is 0 Å². The smallest absolute Gasteiger partial charge is 0.205 e. The van der Waals surface area contributed by atoms with Crippen LogP contribution >= 0.6 is 27.5 Å². The SMILES string of the molecule is Cc1c(Br)cccc1-n1c(N)nc2c(Cl)cccc21. The Hall–Kier alpha value is -1.52. The number of nitrogen functional groups attached to an aromatic ring is 1. The number of aromatic nitrogens is 2. The van der Waals surface area contributed by atoms with Crippen LogP contribution in [-0.2, 0) is 0 Å². The highest BCUT2D eigenvalue weighted by Gasteiger charge is 2.14. The molecule has 0 amide bonds. The average Bonchev–Trinajstić information content (AvgIpc) is 2.71. The highest BCUT2D eigenvalue weighted by atomic mass is 79.9. The minimum Gasteiger partial charge on any atom is -0.369 e. The first-order valence-corrected chi connectivity index (χ1v) is 6.94. The molecule has 3 aromatic rings. The lowest BCUT2D eigenvalue weighted by atomic mass is 10.2. The number of anilines is 1. The maximum absolute atomic E-state index is 6.16. The molecule has 2 N–H and O–H groups in total. The van der Waals surface area contributed by atoms with Crippen molar-refractivity contribution in [2.45, 2.75) is 6.92 Å². The van der Waals surface area contributed by atoms with Gasteiger partial charge in [-0.2, -0.15) is 0 Å². The summed E-state index contributed by atoms with van der Waals surface area (Å²) in [6.45, 7) is 2.04. The van der Waals surface area contributed by atoms with Gasteiger partial charge in [-0.15, -0.1) is 0 Å². The number of nitrogens with two attached hydrogens (primary N) is 1. The normalized spacial score (nSPS) is 11.1. The summed E-state index contributed by atoms with van der Waals surface area (Å²) in [4.78, 5) is 4.35. The molecule has 0 saturated heterocycles. The van der Waals surface area contributed by atoms with E-state index < -0.39 is 0 Å². The predicted octanol–water partition coefficient (Wildman–Crippen LogP) is 4.33. The van der Waals surface area contributed by atoms with E-state index in [0.717, 1.165) is 26.8 Å². The highest BCUT2D eigenvalue weighted by molar-refractivity contribution is 9.10. The monoisotopic (exact) mass is 335 g/mol. The summed E-state index contributed by atoms with van der Waals surface area (Å²) in [5.74, 6) is 0.435. The minimum absolute atomic E-state index is 0.435. The molecular formula is C14H11BrClN3. The highest BCUT2D eigenvalue weighted by Crippen LogP contribution is 2.31. The van der Waals surface area contributed by atoms with Crippen molar-refractivity contribution < 1.29 is 0 Å². The summed E-state index contributed by atoms with van der Waals surface area (Å²) in [7, 11) is 0. The molecule has 1 heterocycles. The van der Waals surface area contributed by atoms with E-state index in [4.69, 9.17) is 17.3 Å². The van der Waals surface area contributed by atoms with Gasteiger partial charge in [-0.3, -0.25) is 4.57 Å². The van der Waals surface area contributed by atoms with Crippen molar-refractivity contribution in [3.8, 4) is 5.69 Å². The second-order valence-corrected chi connectivity index (χ2v) is 5.56. The number of fused-ring (bicyclic) bond motifs is 1. The first-order valence-electron chi connectivity index (χ1n) is 5.77. The first kappa shape index (κ1) is 12.5. The lowest BCUT2D eigenvalue weighted by Crippen LogP contribution is -2.02. The molecule has 0 bridgehead atoms. The van der Waals surface area contributed by atoms with Crippen molar-refractivity contribution in [2.75, 3.05) is 5.73 Å². The fourth-order valence-corrected chi connectivity index (χ4v) is 2.74. The molecule has 3 rings (SSSR count). The van der Waals surface area contributed by atoms with E-state index in [1.165, 1.54) is 0 Å². The maximum atomic E-state index is 6.16. The second kappa shape index (κ2) is 4.54. The lowest BCUT2D eigenvalue weighted by Gasteiger charge is -2.11. The maximum Gasteiger partial charge on any atom is 0.205 e.